The highest BCUT2D eigenvalue weighted by atomic mass is 32.2. The van der Waals surface area contributed by atoms with Gasteiger partial charge in [0.05, 0.1) is 16.1 Å². The summed E-state index contributed by atoms with van der Waals surface area (Å²) in [6, 6.07) is 8.76. The monoisotopic (exact) mass is 263 g/mol. The number of nitrogens with two attached hydrogens (primary N) is 1. The number of nitrogens with zero attached hydrogens (tertiary/aromatic N) is 2. The van der Waals surface area contributed by atoms with E-state index in [0.717, 1.165) is 11.4 Å². The molecule has 0 bridgehead atoms. The van der Waals surface area contributed by atoms with E-state index in [4.69, 9.17) is 5.73 Å². The SMILES string of the molecule is CSC(C)(C)c1cc(N)n(-c2cccc(O)c2)n1. The summed E-state index contributed by atoms with van der Waals surface area (Å²) in [5.74, 6) is 0.769. The summed E-state index contributed by atoms with van der Waals surface area (Å²) < 4.78 is 1.56. The maximum absolute atomic E-state index is 9.49. The van der Waals surface area contributed by atoms with E-state index in [9.17, 15) is 5.11 Å². The Balaban J connectivity index is 2.48. The second-order valence-electron chi connectivity index (χ2n) is 4.60. The standard InChI is InChI=1S/C13H17N3OS/c1-13(2,18-3)11-8-12(14)16(15-11)9-5-4-6-10(17)7-9/h4-8,17H,14H2,1-3H3. The Hall–Kier alpha value is -1.62. The van der Waals surface area contributed by atoms with Crippen molar-refractivity contribution in [2.45, 2.75) is 18.6 Å². The highest BCUT2D eigenvalue weighted by Crippen LogP contribution is 2.34. The van der Waals surface area contributed by atoms with Crippen molar-refractivity contribution in [1.82, 2.24) is 9.78 Å². The van der Waals surface area contributed by atoms with Crippen molar-refractivity contribution < 1.29 is 5.11 Å². The Labute approximate surface area is 111 Å². The molecule has 0 amide bonds. The van der Waals surface area contributed by atoms with Crippen LogP contribution in [0.1, 0.15) is 19.5 Å². The van der Waals surface area contributed by atoms with Crippen molar-refractivity contribution in [3.05, 3.63) is 36.0 Å². The average molecular weight is 263 g/mol. The van der Waals surface area contributed by atoms with Crippen molar-refractivity contribution in [2.75, 3.05) is 12.0 Å². The van der Waals surface area contributed by atoms with Crippen molar-refractivity contribution in [3.8, 4) is 11.4 Å². The van der Waals surface area contributed by atoms with Crippen molar-refractivity contribution >= 4 is 17.6 Å². The van der Waals surface area contributed by atoms with Crippen molar-refractivity contribution in [3.63, 3.8) is 0 Å². The van der Waals surface area contributed by atoms with Crippen LogP contribution < -0.4 is 5.73 Å². The lowest BCUT2D eigenvalue weighted by molar-refractivity contribution is 0.475. The molecule has 18 heavy (non-hydrogen) atoms. The Morgan fingerprint density at radius 1 is 1.33 bits per heavy atom. The molecule has 0 spiro atoms. The first-order valence-electron chi connectivity index (χ1n) is 5.64. The molecule has 0 atom stereocenters. The van der Waals surface area contributed by atoms with Gasteiger partial charge in [-0.2, -0.15) is 16.9 Å². The topological polar surface area (TPSA) is 64.1 Å². The Bertz CT molecular complexity index is 563. The molecule has 0 radical (unpaired) electrons. The van der Waals surface area contributed by atoms with Gasteiger partial charge < -0.3 is 10.8 Å². The molecule has 0 aliphatic rings. The molecule has 0 saturated heterocycles. The van der Waals surface area contributed by atoms with Crippen LogP contribution in [0.15, 0.2) is 30.3 Å². The van der Waals surface area contributed by atoms with Crippen LogP contribution in [-0.2, 0) is 4.75 Å². The molecular formula is C13H17N3OS. The van der Waals surface area contributed by atoms with Crippen LogP contribution in [0.4, 0.5) is 5.82 Å². The number of hydrogen-bond acceptors (Lipinski definition) is 4. The lowest BCUT2D eigenvalue weighted by Crippen LogP contribution is -2.12. The first kappa shape index (κ1) is 12.8. The van der Waals surface area contributed by atoms with Gasteiger partial charge in [0.2, 0.25) is 0 Å². The van der Waals surface area contributed by atoms with Crippen LogP contribution in [0.3, 0.4) is 0 Å². The predicted octanol–water partition coefficient (Wildman–Crippen LogP) is 2.76. The Morgan fingerprint density at radius 2 is 2.06 bits per heavy atom. The maximum atomic E-state index is 9.49. The van der Waals surface area contributed by atoms with Crippen molar-refractivity contribution in [2.24, 2.45) is 0 Å². The number of phenolic OH excluding ortho intramolecular Hbond substituents is 1. The Morgan fingerprint density at radius 3 is 2.67 bits per heavy atom. The van der Waals surface area contributed by atoms with Crippen LogP contribution in [-0.4, -0.2) is 21.1 Å². The lowest BCUT2D eigenvalue weighted by atomic mass is 10.1. The third-order valence-electron chi connectivity index (χ3n) is 2.94. The van der Waals surface area contributed by atoms with Gasteiger partial charge in [-0.1, -0.05) is 6.07 Å². The van der Waals surface area contributed by atoms with E-state index in [-0.39, 0.29) is 10.5 Å². The summed E-state index contributed by atoms with van der Waals surface area (Å²) in [5, 5.41) is 14.0. The number of rotatable bonds is 3. The summed E-state index contributed by atoms with van der Waals surface area (Å²) in [5.41, 5.74) is 7.67. The molecular weight excluding hydrogens is 246 g/mol. The van der Waals surface area contributed by atoms with E-state index in [0.29, 0.717) is 5.82 Å². The number of hydrogen-bond donors (Lipinski definition) is 2. The number of aromatic nitrogens is 2. The highest BCUT2D eigenvalue weighted by Gasteiger charge is 2.23. The summed E-state index contributed by atoms with van der Waals surface area (Å²) in [6.07, 6.45) is 2.05. The van der Waals surface area contributed by atoms with Crippen LogP contribution in [0.25, 0.3) is 5.69 Å². The molecule has 3 N–H and O–H groups in total. The fourth-order valence-electron chi connectivity index (χ4n) is 1.63. The smallest absolute Gasteiger partial charge is 0.127 e. The van der Waals surface area contributed by atoms with Gasteiger partial charge >= 0.3 is 0 Å². The molecule has 2 rings (SSSR count). The maximum Gasteiger partial charge on any atom is 0.127 e. The predicted molar refractivity (Wildman–Crippen MR) is 76.2 cm³/mol. The number of benzene rings is 1. The first-order valence-corrected chi connectivity index (χ1v) is 6.87. The minimum absolute atomic E-state index is 0.0871. The zero-order chi connectivity index (χ0) is 13.3. The van der Waals surface area contributed by atoms with E-state index in [1.54, 1.807) is 34.6 Å². The minimum atomic E-state index is -0.0871. The van der Waals surface area contributed by atoms with Crippen molar-refractivity contribution in [1.29, 1.82) is 0 Å². The first-order chi connectivity index (χ1) is 8.44. The number of nitrogen functional groups attached to an aromatic ring is 1. The number of anilines is 1. The van der Waals surface area contributed by atoms with Crippen LogP contribution in [0, 0.1) is 0 Å². The average Bonchev–Trinajstić information content (AvgIpc) is 2.72. The van der Waals surface area contributed by atoms with Gasteiger partial charge in [0.1, 0.15) is 11.6 Å². The van der Waals surface area contributed by atoms with E-state index < -0.39 is 0 Å². The third kappa shape index (κ3) is 2.31. The van der Waals surface area contributed by atoms with E-state index in [1.807, 2.05) is 18.4 Å². The van der Waals surface area contributed by atoms with Gasteiger partial charge in [-0.25, -0.2) is 4.68 Å². The largest absolute Gasteiger partial charge is 0.508 e. The molecule has 1 heterocycles. The summed E-state index contributed by atoms with van der Waals surface area (Å²) in [7, 11) is 0. The lowest BCUT2D eigenvalue weighted by Gasteiger charge is -2.18. The van der Waals surface area contributed by atoms with E-state index >= 15 is 0 Å². The molecule has 0 saturated carbocycles. The Kier molecular flexibility index (Phi) is 3.26. The molecule has 4 nitrogen and oxygen atoms in total. The van der Waals surface area contributed by atoms with E-state index in [1.165, 1.54) is 0 Å². The number of aromatic hydroxyl groups is 1. The van der Waals surface area contributed by atoms with Crippen LogP contribution >= 0.6 is 11.8 Å². The molecule has 0 unspecified atom stereocenters. The molecule has 0 aliphatic carbocycles. The summed E-state index contributed by atoms with van der Waals surface area (Å²) >= 11 is 1.72. The second-order valence-corrected chi connectivity index (χ2v) is 6.03. The van der Waals surface area contributed by atoms with Crippen LogP contribution in [0.5, 0.6) is 5.75 Å². The minimum Gasteiger partial charge on any atom is -0.508 e. The van der Waals surface area contributed by atoms with E-state index in [2.05, 4.69) is 18.9 Å². The van der Waals surface area contributed by atoms with Gasteiger partial charge in [-0.15, -0.1) is 0 Å². The fourth-order valence-corrected chi connectivity index (χ4v) is 1.93. The number of thioether (sulfide) groups is 1. The highest BCUT2D eigenvalue weighted by molar-refractivity contribution is 7.99. The molecule has 5 heteroatoms. The molecule has 0 fully saturated rings. The second kappa shape index (κ2) is 4.57. The molecule has 2 aromatic rings. The van der Waals surface area contributed by atoms with Gasteiger partial charge in [0.15, 0.2) is 0 Å². The molecule has 96 valence electrons. The zero-order valence-corrected chi connectivity index (χ0v) is 11.5. The zero-order valence-electron chi connectivity index (χ0n) is 10.7. The molecule has 0 aliphatic heterocycles. The number of phenols is 1. The van der Waals surface area contributed by atoms with Gasteiger partial charge in [-0.3, -0.25) is 0 Å². The summed E-state index contributed by atoms with van der Waals surface area (Å²) in [4.78, 5) is 0. The van der Waals surface area contributed by atoms with Gasteiger partial charge in [0, 0.05) is 12.1 Å². The van der Waals surface area contributed by atoms with Crippen LogP contribution in [0.2, 0.25) is 0 Å². The fraction of sp³-hybridized carbons (Fsp3) is 0.308. The third-order valence-corrected chi connectivity index (χ3v) is 4.17. The van der Waals surface area contributed by atoms with Gasteiger partial charge in [0.25, 0.3) is 0 Å². The van der Waals surface area contributed by atoms with Gasteiger partial charge in [-0.05, 0) is 32.2 Å². The molecule has 1 aromatic carbocycles. The normalized spacial score (nSPS) is 11.7. The quantitative estimate of drug-likeness (QED) is 0.893. The summed E-state index contributed by atoms with van der Waals surface area (Å²) in [6.45, 7) is 4.21. The molecule has 1 aromatic heterocycles.